The summed E-state index contributed by atoms with van der Waals surface area (Å²) in [7, 11) is -4.13. The van der Waals surface area contributed by atoms with Crippen LogP contribution in [0.1, 0.15) is 33.6 Å². The Labute approximate surface area is 211 Å². The molecule has 0 radical (unpaired) electrons. The second kappa shape index (κ2) is 12.2. The van der Waals surface area contributed by atoms with E-state index >= 15 is 0 Å². The molecular formula is C24H34N6O5S. The second-order valence-corrected chi connectivity index (χ2v) is 10.4. The molecule has 1 aliphatic heterocycles. The van der Waals surface area contributed by atoms with Crippen LogP contribution < -0.4 is 26.0 Å². The SMILES string of the molecule is Cc1cc(C)c(S(=O)(=O)NC(CNC(=O)c2cccn2CCCNC2NC=CCN2)C(=O)O)c(C)c1. The Balaban J connectivity index is 1.57. The van der Waals surface area contributed by atoms with E-state index in [1.54, 1.807) is 48.9 Å². The summed E-state index contributed by atoms with van der Waals surface area (Å²) in [4.78, 5) is 24.6. The standard InChI is InChI=1S/C24H34N6O5S/c1-16-13-17(2)21(18(3)14-16)36(34,35)29-19(23(32)33)15-28-22(31)20-7-4-11-30(20)12-6-10-27-24-25-8-5-9-26-24/h4-5,7-8,11,13-14,19,24-27,29H,6,9-10,12,15H2,1-3H3,(H,28,31)(H,32,33). The Morgan fingerprint density at radius 2 is 1.94 bits per heavy atom. The average molecular weight is 519 g/mol. The van der Waals surface area contributed by atoms with Gasteiger partial charge in [-0.1, -0.05) is 23.8 Å². The number of aryl methyl sites for hydroxylation is 4. The Morgan fingerprint density at radius 1 is 1.22 bits per heavy atom. The maximum absolute atomic E-state index is 13.0. The normalized spacial score (nSPS) is 16.4. The molecule has 1 aromatic heterocycles. The van der Waals surface area contributed by atoms with Crippen LogP contribution >= 0.6 is 0 Å². The molecule has 0 saturated heterocycles. The Kier molecular flexibility index (Phi) is 9.26. The zero-order valence-electron chi connectivity index (χ0n) is 20.7. The van der Waals surface area contributed by atoms with Crippen molar-refractivity contribution in [3.05, 3.63) is 65.1 Å². The number of benzene rings is 1. The number of aromatic nitrogens is 1. The van der Waals surface area contributed by atoms with Crippen LogP contribution in [0.25, 0.3) is 0 Å². The predicted octanol–water partition coefficient (Wildman–Crippen LogP) is 0.545. The third-order valence-electron chi connectivity index (χ3n) is 5.74. The van der Waals surface area contributed by atoms with Crippen molar-refractivity contribution in [3.8, 4) is 0 Å². The van der Waals surface area contributed by atoms with E-state index in [2.05, 4.69) is 26.0 Å². The number of amides is 1. The van der Waals surface area contributed by atoms with Gasteiger partial charge in [0.15, 0.2) is 0 Å². The first-order valence-corrected chi connectivity index (χ1v) is 13.2. The Bertz CT molecular complexity index is 1200. The van der Waals surface area contributed by atoms with E-state index in [0.717, 1.165) is 18.5 Å². The molecule has 1 aromatic carbocycles. The van der Waals surface area contributed by atoms with Crippen molar-refractivity contribution in [2.24, 2.45) is 0 Å². The highest BCUT2D eigenvalue weighted by Crippen LogP contribution is 2.21. The Hall–Kier alpha value is -3.19. The fourth-order valence-electron chi connectivity index (χ4n) is 4.21. The smallest absolute Gasteiger partial charge is 0.323 e. The lowest BCUT2D eigenvalue weighted by Gasteiger charge is -2.23. The second-order valence-electron chi connectivity index (χ2n) is 8.75. The van der Waals surface area contributed by atoms with Crippen LogP contribution in [-0.4, -0.2) is 61.9 Å². The first-order valence-electron chi connectivity index (χ1n) is 11.7. The summed E-state index contributed by atoms with van der Waals surface area (Å²) in [5.74, 6) is -1.87. The number of hydrogen-bond acceptors (Lipinski definition) is 7. The molecule has 12 heteroatoms. The number of hydrogen-bond donors (Lipinski definition) is 6. The highest BCUT2D eigenvalue weighted by Gasteiger charge is 2.28. The predicted molar refractivity (Wildman–Crippen MR) is 136 cm³/mol. The van der Waals surface area contributed by atoms with Gasteiger partial charge >= 0.3 is 5.97 Å². The van der Waals surface area contributed by atoms with Gasteiger partial charge in [0, 0.05) is 25.8 Å². The van der Waals surface area contributed by atoms with Gasteiger partial charge in [0.1, 0.15) is 18.0 Å². The molecule has 6 N–H and O–H groups in total. The number of carbonyl (C=O) groups is 2. The maximum atomic E-state index is 13.0. The number of rotatable bonds is 12. The molecule has 196 valence electrons. The van der Waals surface area contributed by atoms with E-state index in [0.29, 0.717) is 29.9 Å². The number of carbonyl (C=O) groups excluding carboxylic acids is 1. The molecule has 0 fully saturated rings. The topological polar surface area (TPSA) is 154 Å². The first-order chi connectivity index (χ1) is 17.1. The van der Waals surface area contributed by atoms with Crippen molar-refractivity contribution < 1.29 is 23.1 Å². The van der Waals surface area contributed by atoms with Crippen LogP contribution in [0.5, 0.6) is 0 Å². The molecule has 0 aliphatic carbocycles. The Morgan fingerprint density at radius 3 is 2.58 bits per heavy atom. The van der Waals surface area contributed by atoms with Crippen molar-refractivity contribution in [2.45, 2.75) is 51.0 Å². The van der Waals surface area contributed by atoms with Gasteiger partial charge in [-0.2, -0.15) is 4.72 Å². The molecule has 11 nitrogen and oxygen atoms in total. The molecule has 2 unspecified atom stereocenters. The number of aliphatic carboxylic acids is 1. The van der Waals surface area contributed by atoms with Crippen molar-refractivity contribution >= 4 is 21.9 Å². The zero-order chi connectivity index (χ0) is 26.3. The summed E-state index contributed by atoms with van der Waals surface area (Å²) in [6.07, 6.45) is 6.39. The monoisotopic (exact) mass is 518 g/mol. The third-order valence-corrected chi connectivity index (χ3v) is 7.52. The molecule has 2 heterocycles. The number of nitrogens with one attached hydrogen (secondary N) is 5. The molecule has 0 saturated carbocycles. The molecule has 36 heavy (non-hydrogen) atoms. The molecule has 0 spiro atoms. The fourth-order valence-corrected chi connectivity index (χ4v) is 5.85. The van der Waals surface area contributed by atoms with Crippen LogP contribution in [0.4, 0.5) is 0 Å². The number of sulfonamides is 1. The maximum Gasteiger partial charge on any atom is 0.323 e. The van der Waals surface area contributed by atoms with E-state index < -0.39 is 34.5 Å². The van der Waals surface area contributed by atoms with Gasteiger partial charge < -0.3 is 20.3 Å². The first kappa shape index (κ1) is 27.4. The summed E-state index contributed by atoms with van der Waals surface area (Å²) in [5, 5.41) is 21.9. The number of carboxylic acid groups (broad SMARTS) is 1. The molecular weight excluding hydrogens is 484 g/mol. The van der Waals surface area contributed by atoms with Crippen LogP contribution in [-0.2, 0) is 21.4 Å². The van der Waals surface area contributed by atoms with E-state index in [-0.39, 0.29) is 11.2 Å². The summed E-state index contributed by atoms with van der Waals surface area (Å²) < 4.78 is 30.0. The van der Waals surface area contributed by atoms with Gasteiger partial charge in [0.25, 0.3) is 5.91 Å². The number of nitrogens with zero attached hydrogens (tertiary/aromatic N) is 1. The third kappa shape index (κ3) is 7.17. The lowest BCUT2D eigenvalue weighted by molar-refractivity contribution is -0.138. The van der Waals surface area contributed by atoms with E-state index in [1.807, 2.05) is 19.2 Å². The summed E-state index contributed by atoms with van der Waals surface area (Å²) >= 11 is 0. The molecule has 2 aromatic rings. The molecule has 0 bridgehead atoms. The van der Waals surface area contributed by atoms with E-state index in [1.165, 1.54) is 0 Å². The minimum absolute atomic E-state index is 0.00773. The summed E-state index contributed by atoms with van der Waals surface area (Å²) in [6, 6.07) is 5.29. The molecule has 1 amide bonds. The van der Waals surface area contributed by atoms with Crippen LogP contribution in [0.15, 0.2) is 47.6 Å². The van der Waals surface area contributed by atoms with Gasteiger partial charge in [-0.05, 0) is 63.2 Å². The quantitative estimate of drug-likeness (QED) is 0.223. The van der Waals surface area contributed by atoms with Crippen molar-refractivity contribution in [3.63, 3.8) is 0 Å². The fraction of sp³-hybridized carbons (Fsp3) is 0.417. The number of carboxylic acids is 1. The summed E-state index contributed by atoms with van der Waals surface area (Å²) in [5.41, 5.74) is 2.31. The van der Waals surface area contributed by atoms with Gasteiger partial charge in [0.05, 0.1) is 4.90 Å². The van der Waals surface area contributed by atoms with Gasteiger partial charge in [0.2, 0.25) is 10.0 Å². The lowest BCUT2D eigenvalue weighted by atomic mass is 10.1. The zero-order valence-corrected chi connectivity index (χ0v) is 21.5. The van der Waals surface area contributed by atoms with E-state index in [4.69, 9.17) is 0 Å². The van der Waals surface area contributed by atoms with Crippen molar-refractivity contribution in [1.29, 1.82) is 0 Å². The lowest BCUT2D eigenvalue weighted by Crippen LogP contribution is -2.53. The molecule has 2 atom stereocenters. The van der Waals surface area contributed by atoms with Crippen LogP contribution in [0, 0.1) is 20.8 Å². The summed E-state index contributed by atoms with van der Waals surface area (Å²) in [6.45, 7) is 6.84. The van der Waals surface area contributed by atoms with Crippen molar-refractivity contribution in [1.82, 2.24) is 30.6 Å². The average Bonchev–Trinajstić information content (AvgIpc) is 3.27. The van der Waals surface area contributed by atoms with Gasteiger partial charge in [-0.3, -0.25) is 20.2 Å². The van der Waals surface area contributed by atoms with Crippen LogP contribution in [0.3, 0.4) is 0 Å². The van der Waals surface area contributed by atoms with Gasteiger partial charge in [-0.25, -0.2) is 8.42 Å². The highest BCUT2D eigenvalue weighted by atomic mass is 32.2. The highest BCUT2D eigenvalue weighted by molar-refractivity contribution is 7.89. The van der Waals surface area contributed by atoms with Crippen LogP contribution in [0.2, 0.25) is 0 Å². The van der Waals surface area contributed by atoms with Crippen molar-refractivity contribution in [2.75, 3.05) is 19.6 Å². The minimum atomic E-state index is -4.13. The molecule has 1 aliphatic rings. The van der Waals surface area contributed by atoms with Gasteiger partial charge in [-0.15, -0.1) is 0 Å². The molecule has 3 rings (SSSR count). The van der Waals surface area contributed by atoms with E-state index in [9.17, 15) is 23.1 Å². The largest absolute Gasteiger partial charge is 0.480 e. The minimum Gasteiger partial charge on any atom is -0.480 e.